The molecule has 0 aliphatic rings. The van der Waals surface area contributed by atoms with E-state index in [0.717, 1.165) is 0 Å². The summed E-state index contributed by atoms with van der Waals surface area (Å²) in [6.45, 7) is 14.0. The molecule has 0 aromatic heterocycles. The standard InChI is InChI=1S/2C2H6.C2H4.CH4.H2/c3*1-2;;/h2*1-2H3;1-2H2;1H4;1H/i;;;;1+1. The SMILES string of the molecule is C.C=C.CC.CC.[2HH]. The minimum atomic E-state index is 0. The van der Waals surface area contributed by atoms with Gasteiger partial charge in [-0.3, -0.25) is 0 Å². The summed E-state index contributed by atoms with van der Waals surface area (Å²) in [4.78, 5) is 0. The van der Waals surface area contributed by atoms with E-state index in [1.54, 1.807) is 0 Å². The summed E-state index contributed by atoms with van der Waals surface area (Å²) in [5.41, 5.74) is 0. The zero-order valence-electron chi connectivity index (χ0n) is 5.41. The Morgan fingerprint density at radius 1 is 0.857 bits per heavy atom. The van der Waals surface area contributed by atoms with Crippen LogP contribution in [-0.4, -0.2) is 0 Å². The molecule has 0 saturated heterocycles. The van der Waals surface area contributed by atoms with Gasteiger partial charge in [-0.2, -0.15) is 0 Å². The van der Waals surface area contributed by atoms with Gasteiger partial charge >= 0.3 is 0 Å². The first-order valence-corrected chi connectivity index (χ1v) is 2.50. The first-order valence-electron chi connectivity index (χ1n) is 2.50. The van der Waals surface area contributed by atoms with Crippen LogP contribution in [0.4, 0.5) is 0 Å². The van der Waals surface area contributed by atoms with Crippen LogP contribution in [0.1, 0.15) is 36.5 Å². The molecule has 50 valence electrons. The van der Waals surface area contributed by atoms with Crippen LogP contribution in [0.25, 0.3) is 0 Å². The molecule has 0 unspecified atom stereocenters. The Bertz CT molecular complexity index is 4.35. The minimum Gasteiger partial charge on any atom is -0.106 e. The number of hydrogen-bond acceptors (Lipinski definition) is 0. The smallest absolute Gasteiger partial charge is 0 e. The van der Waals surface area contributed by atoms with Gasteiger partial charge in [0.15, 0.2) is 0 Å². The maximum atomic E-state index is 3.00. The highest BCUT2D eigenvalue weighted by Crippen LogP contribution is 1.15. The van der Waals surface area contributed by atoms with Crippen molar-refractivity contribution in [2.24, 2.45) is 0 Å². The molecule has 0 amide bonds. The second-order valence-corrected chi connectivity index (χ2v) is 0. The van der Waals surface area contributed by atoms with Gasteiger partial charge in [-0.15, -0.1) is 13.2 Å². The van der Waals surface area contributed by atoms with Crippen molar-refractivity contribution in [3.8, 4) is 0 Å². The molecular formula is C7H22. The monoisotopic (exact) mass is 107 g/mol. The van der Waals surface area contributed by atoms with E-state index in [0.29, 0.717) is 0 Å². The van der Waals surface area contributed by atoms with Crippen molar-refractivity contribution >= 4 is 0 Å². The van der Waals surface area contributed by atoms with Gasteiger partial charge in [0.25, 0.3) is 0 Å². The summed E-state index contributed by atoms with van der Waals surface area (Å²) in [6.07, 6.45) is 0. The molecule has 0 atom stereocenters. The molecular weight excluding hydrogens is 84.1 g/mol. The summed E-state index contributed by atoms with van der Waals surface area (Å²) >= 11 is 0. The molecule has 7 heavy (non-hydrogen) atoms. The van der Waals surface area contributed by atoms with E-state index in [-0.39, 0.29) is 8.85 Å². The van der Waals surface area contributed by atoms with E-state index in [4.69, 9.17) is 0 Å². The molecule has 0 N–H and O–H groups in total. The Hall–Kier alpha value is -0.260. The van der Waals surface area contributed by atoms with Crippen LogP contribution in [0.3, 0.4) is 0 Å². The molecule has 0 heterocycles. The van der Waals surface area contributed by atoms with Crippen molar-refractivity contribution in [2.75, 3.05) is 0 Å². The van der Waals surface area contributed by atoms with E-state index in [1.807, 2.05) is 27.7 Å². The van der Waals surface area contributed by atoms with E-state index in [1.165, 1.54) is 0 Å². The first-order chi connectivity index (χ1) is 3.00. The Balaban J connectivity index is -0.00000000500. The lowest BCUT2D eigenvalue weighted by molar-refractivity contribution is 1.50. The van der Waals surface area contributed by atoms with Gasteiger partial charge < -0.3 is 0 Å². The molecule has 0 aliphatic heterocycles. The van der Waals surface area contributed by atoms with Crippen LogP contribution < -0.4 is 0 Å². The second-order valence-electron chi connectivity index (χ2n) is 0. The van der Waals surface area contributed by atoms with Crippen LogP contribution in [0, 0.1) is 0 Å². The topological polar surface area (TPSA) is 0 Å². The van der Waals surface area contributed by atoms with E-state index in [9.17, 15) is 0 Å². The van der Waals surface area contributed by atoms with Crippen LogP contribution in [-0.2, 0) is 0 Å². The highest BCUT2D eigenvalue weighted by molar-refractivity contribution is 4.22. The van der Waals surface area contributed by atoms with Crippen LogP contribution >= 0.6 is 0 Å². The Morgan fingerprint density at radius 3 is 0.857 bits per heavy atom. The molecule has 0 bridgehead atoms. The fraction of sp³-hybridized carbons (Fsp3) is 0.714. The van der Waals surface area contributed by atoms with Crippen molar-refractivity contribution < 1.29 is 1.43 Å². The summed E-state index contributed by atoms with van der Waals surface area (Å²) in [6, 6.07) is 0. The quantitative estimate of drug-likeness (QED) is 0.414. The van der Waals surface area contributed by atoms with Crippen molar-refractivity contribution in [2.45, 2.75) is 35.1 Å². The number of rotatable bonds is 0. The minimum absolute atomic E-state index is 0. The molecule has 0 heteroatoms. The molecule has 0 fully saturated rings. The normalized spacial score (nSPS) is 2.29. The predicted molar refractivity (Wildman–Crippen MR) is 42.8 cm³/mol. The van der Waals surface area contributed by atoms with Gasteiger partial charge in [-0.25, -0.2) is 0 Å². The van der Waals surface area contributed by atoms with E-state index in [2.05, 4.69) is 13.2 Å². The maximum absolute atomic E-state index is 3.00. The predicted octanol–water partition coefficient (Wildman–Crippen LogP) is 3.74. The van der Waals surface area contributed by atoms with Crippen LogP contribution in [0.2, 0.25) is 0 Å². The van der Waals surface area contributed by atoms with Gasteiger partial charge in [-0.1, -0.05) is 35.1 Å². The molecule has 0 nitrogen and oxygen atoms in total. The summed E-state index contributed by atoms with van der Waals surface area (Å²) < 4.78 is 0. The summed E-state index contributed by atoms with van der Waals surface area (Å²) in [7, 11) is 0. The van der Waals surface area contributed by atoms with Gasteiger partial charge in [0.2, 0.25) is 0 Å². The average molecular weight is 107 g/mol. The van der Waals surface area contributed by atoms with E-state index < -0.39 is 0 Å². The lowest BCUT2D eigenvalue weighted by atomic mass is 11.0. The fourth-order valence-corrected chi connectivity index (χ4v) is 0. The molecule has 0 rings (SSSR count). The Kier molecular flexibility index (Phi) is 8060. The van der Waals surface area contributed by atoms with E-state index >= 15 is 0 Å². The van der Waals surface area contributed by atoms with Crippen molar-refractivity contribution in [1.29, 1.82) is 0 Å². The summed E-state index contributed by atoms with van der Waals surface area (Å²) in [5.74, 6) is 0. The highest BCUT2D eigenvalue weighted by Gasteiger charge is 0.934. The van der Waals surface area contributed by atoms with Crippen molar-refractivity contribution in [3.05, 3.63) is 13.2 Å². The zero-order chi connectivity index (χ0) is 6.00. The Labute approximate surface area is 50.7 Å². The maximum Gasteiger partial charge on any atom is 0 e. The highest BCUT2D eigenvalue weighted by atomic mass is 13.0. The molecule has 0 aromatic rings. The third kappa shape index (κ3) is 1190. The fourth-order valence-electron chi connectivity index (χ4n) is 0. The number of hydrogen-bond donors (Lipinski definition) is 0. The summed E-state index contributed by atoms with van der Waals surface area (Å²) in [5, 5.41) is 0. The average Bonchev–Trinajstić information content (AvgIpc) is 1.81. The van der Waals surface area contributed by atoms with Gasteiger partial charge in [0.1, 0.15) is 0 Å². The lowest BCUT2D eigenvalue weighted by Crippen LogP contribution is -0.856. The molecule has 0 aliphatic carbocycles. The second kappa shape index (κ2) is 1910. The van der Waals surface area contributed by atoms with Gasteiger partial charge in [0.05, 0.1) is 0 Å². The van der Waals surface area contributed by atoms with Crippen LogP contribution in [0.5, 0.6) is 0 Å². The third-order valence-corrected chi connectivity index (χ3v) is 0. The molecule has 0 spiro atoms. The van der Waals surface area contributed by atoms with Crippen molar-refractivity contribution in [1.82, 2.24) is 0 Å². The van der Waals surface area contributed by atoms with Gasteiger partial charge in [-0.05, 0) is 0 Å². The van der Waals surface area contributed by atoms with Crippen LogP contribution in [0.15, 0.2) is 13.2 Å². The largest absolute Gasteiger partial charge is 0.106 e. The molecule has 0 aromatic carbocycles. The molecule has 0 radical (unpaired) electrons. The lowest BCUT2D eigenvalue weighted by Gasteiger charge is -1.07. The van der Waals surface area contributed by atoms with Gasteiger partial charge in [0, 0.05) is 1.43 Å². The van der Waals surface area contributed by atoms with Crippen molar-refractivity contribution in [3.63, 3.8) is 0 Å². The third-order valence-electron chi connectivity index (χ3n) is 0. The first kappa shape index (κ1) is 29.6. The zero-order valence-corrected chi connectivity index (χ0v) is 5.41. The molecule has 0 saturated carbocycles. The Morgan fingerprint density at radius 2 is 0.857 bits per heavy atom.